The van der Waals surface area contributed by atoms with Crippen LogP contribution in [0.1, 0.15) is 22.3 Å². The summed E-state index contributed by atoms with van der Waals surface area (Å²) in [5.41, 5.74) is 4.25. The van der Waals surface area contributed by atoms with Crippen LogP contribution in [-0.4, -0.2) is 34.5 Å². The third-order valence-corrected chi connectivity index (χ3v) is 6.65. The maximum atomic E-state index is 13.7. The fraction of sp³-hybridized carbons (Fsp3) is 0.269. The maximum absolute atomic E-state index is 13.7. The molecule has 5 N–H and O–H groups in total. The first-order valence-corrected chi connectivity index (χ1v) is 12.1. The van der Waals surface area contributed by atoms with Crippen molar-refractivity contribution in [3.63, 3.8) is 0 Å². The minimum Gasteiger partial charge on any atom is -0.506 e. The number of phenolic OH excluding ortho intramolecular Hbond substituents is 1. The number of rotatable bonds is 11. The number of halogens is 1. The van der Waals surface area contributed by atoms with Crippen LogP contribution in [0.25, 0.3) is 10.2 Å². The van der Waals surface area contributed by atoms with Crippen LogP contribution in [0.4, 0.5) is 4.39 Å². The summed E-state index contributed by atoms with van der Waals surface area (Å²) in [5, 5.41) is 26.8. The monoisotopic (exact) mass is 481 g/mol. The van der Waals surface area contributed by atoms with Crippen LogP contribution in [0.2, 0.25) is 0 Å². The number of benzene rings is 3. The van der Waals surface area contributed by atoms with E-state index in [2.05, 4.69) is 33.8 Å². The quantitative estimate of drug-likeness (QED) is 0.167. The van der Waals surface area contributed by atoms with Gasteiger partial charge in [-0.15, -0.1) is 0 Å². The van der Waals surface area contributed by atoms with E-state index in [9.17, 15) is 19.4 Å². The molecule has 0 saturated heterocycles. The van der Waals surface area contributed by atoms with Crippen molar-refractivity contribution in [1.82, 2.24) is 15.6 Å². The highest BCUT2D eigenvalue weighted by Gasteiger charge is 2.13. The van der Waals surface area contributed by atoms with Gasteiger partial charge < -0.3 is 20.5 Å². The zero-order chi connectivity index (χ0) is 23.9. The highest BCUT2D eigenvalue weighted by molar-refractivity contribution is 7.16. The molecule has 1 aromatic heterocycles. The molecule has 6 nitrogen and oxygen atoms in total. The second-order valence-corrected chi connectivity index (χ2v) is 9.21. The lowest BCUT2D eigenvalue weighted by molar-refractivity contribution is 0.138. The summed E-state index contributed by atoms with van der Waals surface area (Å²) >= 11 is 1.03. The van der Waals surface area contributed by atoms with Gasteiger partial charge in [0, 0.05) is 19.5 Å². The molecule has 0 aliphatic rings. The van der Waals surface area contributed by atoms with Gasteiger partial charge in [-0.05, 0) is 53.8 Å². The first-order valence-electron chi connectivity index (χ1n) is 11.3. The van der Waals surface area contributed by atoms with Gasteiger partial charge in [0.15, 0.2) is 0 Å². The topological polar surface area (TPSA) is 97.4 Å². The maximum Gasteiger partial charge on any atom is 0.305 e. The summed E-state index contributed by atoms with van der Waals surface area (Å²) in [6.07, 6.45) is 0.952. The number of aromatic nitrogens is 1. The second-order valence-electron chi connectivity index (χ2n) is 8.22. The van der Waals surface area contributed by atoms with Gasteiger partial charge in [-0.1, -0.05) is 59.9 Å². The molecular weight excluding hydrogens is 453 g/mol. The molecule has 0 aliphatic heterocycles. The molecule has 0 aliphatic carbocycles. The summed E-state index contributed by atoms with van der Waals surface area (Å²) in [7, 11) is 0. The number of thiazole rings is 1. The van der Waals surface area contributed by atoms with Gasteiger partial charge in [-0.2, -0.15) is 0 Å². The van der Waals surface area contributed by atoms with Gasteiger partial charge in [0.05, 0.1) is 4.70 Å². The predicted molar refractivity (Wildman–Crippen MR) is 134 cm³/mol. The largest absolute Gasteiger partial charge is 0.506 e. The van der Waals surface area contributed by atoms with Crippen LogP contribution in [0.5, 0.6) is 5.75 Å². The Kier molecular flexibility index (Phi) is 8.08. The second kappa shape index (κ2) is 11.4. The third kappa shape index (κ3) is 6.30. The van der Waals surface area contributed by atoms with Crippen molar-refractivity contribution < 1.29 is 14.6 Å². The van der Waals surface area contributed by atoms with Crippen molar-refractivity contribution in [3.8, 4) is 5.75 Å². The van der Waals surface area contributed by atoms with Gasteiger partial charge in [-0.3, -0.25) is 10.1 Å². The third-order valence-electron chi connectivity index (χ3n) is 5.70. The van der Waals surface area contributed by atoms with E-state index in [0.29, 0.717) is 48.3 Å². The van der Waals surface area contributed by atoms with Crippen LogP contribution >= 0.6 is 11.3 Å². The van der Waals surface area contributed by atoms with Crippen molar-refractivity contribution >= 4 is 21.6 Å². The fourth-order valence-electron chi connectivity index (χ4n) is 3.95. The number of phenols is 1. The van der Waals surface area contributed by atoms with Gasteiger partial charge in [0.1, 0.15) is 23.3 Å². The first kappa shape index (κ1) is 24.1. The van der Waals surface area contributed by atoms with Gasteiger partial charge in [0.25, 0.3) is 0 Å². The Morgan fingerprint density at radius 3 is 2.65 bits per heavy atom. The molecule has 4 aromatic rings. The van der Waals surface area contributed by atoms with E-state index in [4.69, 9.17) is 0 Å². The molecule has 1 unspecified atom stereocenters. The molecule has 0 bridgehead atoms. The Morgan fingerprint density at radius 2 is 1.79 bits per heavy atom. The molecule has 4 rings (SSSR count). The van der Waals surface area contributed by atoms with E-state index < -0.39 is 6.23 Å². The van der Waals surface area contributed by atoms with Crippen molar-refractivity contribution in [2.45, 2.75) is 32.0 Å². The standard InChI is InChI=1S/C26H28FN3O3S/c27-21-7-2-1-6-19(21)11-12-28-16-18-5-3-4-17(14-18)10-13-29-23(32)15-20-8-9-22(31)24-25(20)34-26(33)30-24/h1-9,14,23,28-29,31-32H,10-13,15-16H2,(H,30,33). The molecule has 0 radical (unpaired) electrons. The SMILES string of the molecule is O=c1[nH]c2c(O)ccc(CC(O)NCCc3cccc(CNCCc4ccccc4F)c3)c2s1. The normalized spacial score (nSPS) is 12.3. The van der Waals surface area contributed by atoms with Gasteiger partial charge >= 0.3 is 4.87 Å². The van der Waals surface area contributed by atoms with Gasteiger partial charge in [0.2, 0.25) is 0 Å². The number of aromatic hydroxyl groups is 1. The summed E-state index contributed by atoms with van der Waals surface area (Å²) in [5.74, 6) is -0.138. The fourth-order valence-corrected chi connectivity index (χ4v) is 4.83. The molecule has 1 heterocycles. The number of fused-ring (bicyclic) bond motifs is 1. The highest BCUT2D eigenvalue weighted by Crippen LogP contribution is 2.28. The van der Waals surface area contributed by atoms with E-state index >= 15 is 0 Å². The number of hydrogen-bond acceptors (Lipinski definition) is 6. The lowest BCUT2D eigenvalue weighted by Crippen LogP contribution is -2.32. The van der Waals surface area contributed by atoms with E-state index in [1.165, 1.54) is 12.1 Å². The molecule has 0 saturated carbocycles. The zero-order valence-corrected chi connectivity index (χ0v) is 19.5. The number of aliphatic hydroxyl groups excluding tert-OH is 1. The van der Waals surface area contributed by atoms with Crippen LogP contribution in [-0.2, 0) is 25.8 Å². The summed E-state index contributed by atoms with van der Waals surface area (Å²) in [4.78, 5) is 14.0. The predicted octanol–water partition coefficient (Wildman–Crippen LogP) is 3.46. The molecule has 34 heavy (non-hydrogen) atoms. The van der Waals surface area contributed by atoms with E-state index in [1.807, 2.05) is 18.2 Å². The minimum absolute atomic E-state index is 0.0288. The van der Waals surface area contributed by atoms with E-state index in [-0.39, 0.29) is 16.4 Å². The molecule has 3 aromatic carbocycles. The Balaban J connectivity index is 1.23. The average molecular weight is 482 g/mol. The van der Waals surface area contributed by atoms with Crippen molar-refractivity contribution in [2.75, 3.05) is 13.1 Å². The Bertz CT molecular complexity index is 1300. The Labute approximate surface area is 201 Å². The number of nitrogens with one attached hydrogen (secondary N) is 3. The van der Waals surface area contributed by atoms with Crippen LogP contribution < -0.4 is 15.5 Å². The zero-order valence-electron chi connectivity index (χ0n) is 18.7. The molecule has 8 heteroatoms. The van der Waals surface area contributed by atoms with E-state index in [0.717, 1.165) is 34.4 Å². The average Bonchev–Trinajstić information content (AvgIpc) is 3.23. The van der Waals surface area contributed by atoms with E-state index in [1.54, 1.807) is 12.1 Å². The summed E-state index contributed by atoms with van der Waals surface area (Å²) < 4.78 is 14.4. The summed E-state index contributed by atoms with van der Waals surface area (Å²) in [6, 6.07) is 18.4. The van der Waals surface area contributed by atoms with Crippen LogP contribution in [0, 0.1) is 5.82 Å². The number of H-pyrrole nitrogens is 1. The highest BCUT2D eigenvalue weighted by atomic mass is 32.1. The number of aromatic amines is 1. The molecule has 178 valence electrons. The van der Waals surface area contributed by atoms with Gasteiger partial charge in [-0.25, -0.2) is 4.39 Å². The molecule has 1 atom stereocenters. The number of hydrogen-bond donors (Lipinski definition) is 5. The molecule has 0 spiro atoms. The van der Waals surface area contributed by atoms with Crippen molar-refractivity contribution in [2.24, 2.45) is 0 Å². The summed E-state index contributed by atoms with van der Waals surface area (Å²) in [6.45, 7) is 1.99. The van der Waals surface area contributed by atoms with Crippen LogP contribution in [0.3, 0.4) is 0 Å². The number of aliphatic hydroxyl groups is 1. The van der Waals surface area contributed by atoms with Crippen molar-refractivity contribution in [1.29, 1.82) is 0 Å². The smallest absolute Gasteiger partial charge is 0.305 e. The lowest BCUT2D eigenvalue weighted by atomic mass is 10.1. The molecule has 0 amide bonds. The lowest BCUT2D eigenvalue weighted by Gasteiger charge is -2.14. The Morgan fingerprint density at radius 1 is 0.971 bits per heavy atom. The molecule has 0 fully saturated rings. The van der Waals surface area contributed by atoms with Crippen LogP contribution in [0.15, 0.2) is 65.5 Å². The van der Waals surface area contributed by atoms with Crippen molar-refractivity contribution in [3.05, 3.63) is 98.4 Å². The first-order chi connectivity index (χ1) is 16.5. The Hall–Kier alpha value is -3.04. The minimum atomic E-state index is -0.770. The molecular formula is C26H28FN3O3S.